The van der Waals surface area contributed by atoms with E-state index < -0.39 is 6.60 Å². The maximum atomic E-state index is 14.3. The van der Waals surface area contributed by atoms with E-state index in [1.165, 1.54) is 0 Å². The van der Waals surface area contributed by atoms with Crippen molar-refractivity contribution in [3.05, 3.63) is 121 Å². The average Bonchev–Trinajstić information content (AvgIpc) is 2.84. The molecule has 0 aliphatic carbocycles. The maximum absolute atomic E-state index is 14.3. The second-order valence-electron chi connectivity index (χ2n) is 7.57. The third kappa shape index (κ3) is 3.24. The Morgan fingerprint density at radius 2 is 0.933 bits per heavy atom. The van der Waals surface area contributed by atoms with Gasteiger partial charge in [0.1, 0.15) is 0 Å². The van der Waals surface area contributed by atoms with E-state index in [9.17, 15) is 4.79 Å². The fourth-order valence-electron chi connectivity index (χ4n) is 4.10. The summed E-state index contributed by atoms with van der Waals surface area (Å²) in [5.74, 6) is 0.699. The molecule has 0 unspecified atom stereocenters. The van der Waals surface area contributed by atoms with Gasteiger partial charge in [-0.1, -0.05) is 0 Å². The van der Waals surface area contributed by atoms with Gasteiger partial charge in [-0.3, -0.25) is 0 Å². The van der Waals surface area contributed by atoms with Crippen LogP contribution in [0.15, 0.2) is 121 Å². The predicted octanol–water partition coefficient (Wildman–Crippen LogP) is 4.75. The predicted molar refractivity (Wildman–Crippen MR) is 128 cm³/mol. The molecule has 30 heavy (non-hydrogen) atoms. The van der Waals surface area contributed by atoms with Crippen molar-refractivity contribution >= 4 is 28.0 Å². The summed E-state index contributed by atoms with van der Waals surface area (Å²) in [6.45, 7) is -1.30. The van der Waals surface area contributed by atoms with E-state index >= 15 is 0 Å². The Morgan fingerprint density at radius 3 is 1.30 bits per heavy atom. The molecule has 0 spiro atoms. The van der Waals surface area contributed by atoms with Crippen LogP contribution in [-0.4, -0.2) is 18.8 Å². The number of rotatable bonds is 7. The molecule has 0 aromatic heterocycles. The molecule has 3 heteroatoms. The summed E-state index contributed by atoms with van der Waals surface area (Å²) in [6, 6.07) is 40.1. The normalized spacial score (nSPS) is 12.5. The Kier molecular flexibility index (Phi) is 5.53. The van der Waals surface area contributed by atoms with Gasteiger partial charge >= 0.3 is 178 Å². The number of carbonyl (C=O) groups excluding carboxylic acids is 1. The van der Waals surface area contributed by atoms with Gasteiger partial charge in [-0.15, -0.1) is 0 Å². The molecule has 0 heterocycles. The van der Waals surface area contributed by atoms with Crippen LogP contribution in [0, 0.1) is 0 Å². The van der Waals surface area contributed by atoms with Crippen LogP contribution in [0.5, 0.6) is 5.75 Å². The molecular formula is C27H25O2P. The monoisotopic (exact) mass is 412 g/mol. The first-order valence-corrected chi connectivity index (χ1v) is 12.7. The summed E-state index contributed by atoms with van der Waals surface area (Å²) in [4.78, 5) is 14.3. The van der Waals surface area contributed by atoms with Crippen molar-refractivity contribution in [1.82, 2.24) is 0 Å². The molecule has 0 saturated carbocycles. The third-order valence-corrected chi connectivity index (χ3v) is 12.1. The topological polar surface area (TPSA) is 26.3 Å². The van der Waals surface area contributed by atoms with Crippen LogP contribution in [0.25, 0.3) is 0 Å². The molecule has 150 valence electrons. The number of hydrogen-bond acceptors (Lipinski definition) is 2. The summed E-state index contributed by atoms with van der Waals surface area (Å²) in [7, 11) is 0. The summed E-state index contributed by atoms with van der Waals surface area (Å²) in [5, 5.41) is 3.13. The second kappa shape index (κ2) is 8.26. The van der Waals surface area contributed by atoms with Crippen LogP contribution < -0.4 is 20.7 Å². The molecule has 0 aliphatic heterocycles. The molecule has 4 rings (SSSR count). The van der Waals surface area contributed by atoms with Gasteiger partial charge in [-0.25, -0.2) is 0 Å². The fourth-order valence-corrected chi connectivity index (χ4v) is 9.00. The minimum absolute atomic E-state index is 0.0109. The van der Waals surface area contributed by atoms with Crippen LogP contribution in [0.2, 0.25) is 0 Å². The zero-order valence-electron chi connectivity index (χ0n) is 17.0. The molecule has 4 aromatic rings. The van der Waals surface area contributed by atoms with Gasteiger partial charge in [0, 0.05) is 0 Å². The molecule has 0 atom stereocenters. The van der Waals surface area contributed by atoms with Gasteiger partial charge < -0.3 is 0 Å². The van der Waals surface area contributed by atoms with Crippen molar-refractivity contribution in [1.29, 1.82) is 0 Å². The molecule has 4 aromatic carbocycles. The molecule has 0 aliphatic rings. The Hall–Kier alpha value is -3.22. The minimum atomic E-state index is -3.46. The molecule has 0 amide bonds. The van der Waals surface area contributed by atoms with E-state index in [1.807, 2.05) is 84.9 Å². The quantitative estimate of drug-likeness (QED) is 0.410. The molecule has 0 saturated heterocycles. The molecule has 0 radical (unpaired) electrons. The van der Waals surface area contributed by atoms with E-state index in [-0.39, 0.29) is 12.1 Å². The third-order valence-electron chi connectivity index (χ3n) is 5.93. The van der Waals surface area contributed by atoms with Crippen molar-refractivity contribution in [2.45, 2.75) is 0 Å². The summed E-state index contributed by atoms with van der Waals surface area (Å²) >= 11 is 0. The summed E-state index contributed by atoms with van der Waals surface area (Å²) in [6.07, 6.45) is 0. The Balaban J connectivity index is 1.95. The zero-order chi connectivity index (χ0) is 20.9. The van der Waals surface area contributed by atoms with Crippen LogP contribution in [-0.2, 0) is 4.79 Å². The van der Waals surface area contributed by atoms with E-state index in [1.54, 1.807) is 0 Å². The van der Waals surface area contributed by atoms with Crippen LogP contribution in [0.1, 0.15) is 0 Å². The Labute approximate surface area is 178 Å². The molecule has 0 fully saturated rings. The Morgan fingerprint density at radius 1 is 0.600 bits per heavy atom. The Bertz CT molecular complexity index is 1010. The van der Waals surface area contributed by atoms with Gasteiger partial charge in [-0.05, 0) is 0 Å². The van der Waals surface area contributed by atoms with Gasteiger partial charge in [0.05, 0.1) is 0 Å². The van der Waals surface area contributed by atoms with Gasteiger partial charge in [0.2, 0.25) is 0 Å². The first-order valence-electron chi connectivity index (χ1n) is 10.0. The van der Waals surface area contributed by atoms with Crippen molar-refractivity contribution < 1.29 is 9.53 Å². The standard InChI is InChI=1S/C27H25O2P/c1-30(24-16-8-3-9-17-24,25-18-10-4-11-19-25,26-20-12-5-13-21-26)27(28)22-29-23-14-6-2-7-15-23/h2-21H,22H2,1H3. The number of carbonyl (C=O) groups is 1. The number of hydrogen-bond donors (Lipinski definition) is 0. The zero-order valence-corrected chi connectivity index (χ0v) is 17.9. The SMILES string of the molecule is CP(C(=O)COc1ccccc1)(c1ccccc1)(c1ccccc1)c1ccccc1. The van der Waals surface area contributed by atoms with Gasteiger partial charge in [0.25, 0.3) is 0 Å². The van der Waals surface area contributed by atoms with Crippen molar-refractivity contribution in [2.75, 3.05) is 13.3 Å². The molecule has 0 bridgehead atoms. The van der Waals surface area contributed by atoms with Gasteiger partial charge in [-0.2, -0.15) is 0 Å². The fraction of sp³-hybridized carbons (Fsp3) is 0.0741. The number of benzene rings is 4. The molecule has 0 N–H and O–H groups in total. The molecule has 2 nitrogen and oxygen atoms in total. The number of para-hydroxylation sites is 1. The van der Waals surface area contributed by atoms with Crippen molar-refractivity contribution in [3.8, 4) is 5.75 Å². The molecular weight excluding hydrogens is 387 g/mol. The summed E-state index contributed by atoms with van der Waals surface area (Å²) < 4.78 is 5.99. The first kappa shape index (κ1) is 20.1. The summed E-state index contributed by atoms with van der Waals surface area (Å²) in [5.41, 5.74) is 0.105. The van der Waals surface area contributed by atoms with E-state index in [2.05, 4.69) is 43.1 Å². The van der Waals surface area contributed by atoms with E-state index in [0.29, 0.717) is 5.75 Å². The second-order valence-corrected chi connectivity index (χ2v) is 12.7. The van der Waals surface area contributed by atoms with Crippen LogP contribution >= 0.6 is 6.60 Å². The first-order chi connectivity index (χ1) is 14.6. The van der Waals surface area contributed by atoms with Gasteiger partial charge in [0.15, 0.2) is 0 Å². The number of ether oxygens (including phenoxy) is 1. The van der Waals surface area contributed by atoms with E-state index in [4.69, 9.17) is 4.74 Å². The van der Waals surface area contributed by atoms with Crippen molar-refractivity contribution in [2.24, 2.45) is 0 Å². The van der Waals surface area contributed by atoms with Crippen LogP contribution in [0.3, 0.4) is 0 Å². The van der Waals surface area contributed by atoms with Crippen molar-refractivity contribution in [3.63, 3.8) is 0 Å². The van der Waals surface area contributed by atoms with Crippen LogP contribution in [0.4, 0.5) is 0 Å². The van der Waals surface area contributed by atoms with E-state index in [0.717, 1.165) is 15.9 Å². The average molecular weight is 412 g/mol.